The number of aromatic nitrogens is 1. The highest BCUT2D eigenvalue weighted by atomic mass is 35.5. The maximum absolute atomic E-state index is 13.1. The van der Waals surface area contributed by atoms with Gasteiger partial charge in [0.25, 0.3) is 5.91 Å². The fraction of sp³-hybridized carbons (Fsp3) is 0.167. The van der Waals surface area contributed by atoms with E-state index in [1.807, 2.05) is 6.07 Å². The highest BCUT2D eigenvalue weighted by Gasteiger charge is 2.24. The first-order valence-corrected chi connectivity index (χ1v) is 11.3. The molecule has 0 atom stereocenters. The van der Waals surface area contributed by atoms with Crippen LogP contribution >= 0.6 is 34.8 Å². The molecular formula is C24H19Cl3N4O2. The second-order valence-corrected chi connectivity index (χ2v) is 8.73. The molecule has 0 spiro atoms. The van der Waals surface area contributed by atoms with Gasteiger partial charge >= 0.3 is 0 Å². The Morgan fingerprint density at radius 1 is 1.00 bits per heavy atom. The Kier molecular flexibility index (Phi) is 6.98. The molecule has 1 aromatic heterocycles. The van der Waals surface area contributed by atoms with E-state index in [0.717, 1.165) is 24.5 Å². The molecule has 0 saturated carbocycles. The molecule has 1 N–H and O–H groups in total. The minimum atomic E-state index is -0.432. The average molecular weight is 502 g/mol. The van der Waals surface area contributed by atoms with Gasteiger partial charge < -0.3 is 10.2 Å². The van der Waals surface area contributed by atoms with Crippen LogP contribution < -0.4 is 5.32 Å². The molecule has 1 aliphatic rings. The highest BCUT2D eigenvalue weighted by Crippen LogP contribution is 2.25. The van der Waals surface area contributed by atoms with Crippen molar-refractivity contribution < 1.29 is 9.59 Å². The lowest BCUT2D eigenvalue weighted by Crippen LogP contribution is -2.17. The van der Waals surface area contributed by atoms with Crippen molar-refractivity contribution in [1.29, 1.82) is 0 Å². The quantitative estimate of drug-likeness (QED) is 0.212. The maximum atomic E-state index is 13.1. The summed E-state index contributed by atoms with van der Waals surface area (Å²) in [6.07, 6.45) is 1.41. The highest BCUT2D eigenvalue weighted by molar-refractivity contribution is 6.34. The number of halogens is 3. The number of benzene rings is 2. The number of carbonyl (C=O) groups is 2. The van der Waals surface area contributed by atoms with E-state index in [4.69, 9.17) is 34.8 Å². The molecule has 9 heteroatoms. The molecule has 0 bridgehead atoms. The molecule has 2 aromatic carbocycles. The summed E-state index contributed by atoms with van der Waals surface area (Å²) >= 11 is 18.4. The number of pyridine rings is 1. The van der Waals surface area contributed by atoms with Crippen LogP contribution in [-0.2, 0) is 6.42 Å². The molecule has 33 heavy (non-hydrogen) atoms. The fourth-order valence-electron chi connectivity index (χ4n) is 3.41. The van der Waals surface area contributed by atoms with E-state index in [1.54, 1.807) is 43.4 Å². The molecule has 1 aliphatic heterocycles. The van der Waals surface area contributed by atoms with Gasteiger partial charge in [-0.05, 0) is 42.0 Å². The number of carbonyl (C=O) groups excluding carboxylic acids is 2. The third-order valence-corrected chi connectivity index (χ3v) is 5.89. The number of nitrogens with one attached hydrogen (secondary N) is 1. The van der Waals surface area contributed by atoms with Crippen LogP contribution in [0.25, 0.3) is 0 Å². The second-order valence-electron chi connectivity index (χ2n) is 7.45. The van der Waals surface area contributed by atoms with Crippen LogP contribution in [0.3, 0.4) is 0 Å². The molecule has 0 radical (unpaired) electrons. The Balaban J connectivity index is 1.55. The minimum Gasteiger partial charge on any atom is -0.353 e. The van der Waals surface area contributed by atoms with Gasteiger partial charge in [-0.1, -0.05) is 46.9 Å². The lowest BCUT2D eigenvalue weighted by molar-refractivity contribution is 0.0992. The summed E-state index contributed by atoms with van der Waals surface area (Å²) in [6.45, 7) is 1.91. The van der Waals surface area contributed by atoms with E-state index in [1.165, 1.54) is 12.3 Å². The number of Topliss-reactive ketones (excluding diaryl/α,β-unsaturated/α-hetero) is 1. The first-order chi connectivity index (χ1) is 15.9. The van der Waals surface area contributed by atoms with Gasteiger partial charge in [0.1, 0.15) is 11.7 Å². The topological polar surface area (TPSA) is 74.4 Å². The summed E-state index contributed by atoms with van der Waals surface area (Å²) in [5.41, 5.74) is 2.04. The maximum Gasteiger partial charge on any atom is 0.257 e. The van der Waals surface area contributed by atoms with Gasteiger partial charge in [-0.15, -0.1) is 0 Å². The largest absolute Gasteiger partial charge is 0.353 e. The summed E-state index contributed by atoms with van der Waals surface area (Å²) in [4.78, 5) is 36.4. The minimum absolute atomic E-state index is 0.0200. The molecule has 1 saturated heterocycles. The van der Waals surface area contributed by atoms with E-state index >= 15 is 0 Å². The molecule has 168 valence electrons. The third kappa shape index (κ3) is 5.53. The average Bonchev–Trinajstić information content (AvgIpc) is 3.62. The predicted molar refractivity (Wildman–Crippen MR) is 132 cm³/mol. The first kappa shape index (κ1) is 23.2. The number of amides is 1. The monoisotopic (exact) mass is 500 g/mol. The van der Waals surface area contributed by atoms with Gasteiger partial charge in [0.2, 0.25) is 0 Å². The Labute approximate surface area is 206 Å². The molecule has 3 aromatic rings. The van der Waals surface area contributed by atoms with Crippen molar-refractivity contribution in [1.82, 2.24) is 9.88 Å². The molecule has 0 aliphatic carbocycles. The van der Waals surface area contributed by atoms with Gasteiger partial charge in [0, 0.05) is 54.5 Å². The molecule has 0 unspecified atom stereocenters. The Morgan fingerprint density at radius 3 is 2.39 bits per heavy atom. The molecule has 6 nitrogen and oxygen atoms in total. The zero-order chi connectivity index (χ0) is 23.5. The summed E-state index contributed by atoms with van der Waals surface area (Å²) < 4.78 is 0. The van der Waals surface area contributed by atoms with Crippen molar-refractivity contribution in [3.8, 4) is 0 Å². The van der Waals surface area contributed by atoms with E-state index in [2.05, 4.69) is 20.2 Å². The smallest absolute Gasteiger partial charge is 0.257 e. The van der Waals surface area contributed by atoms with Gasteiger partial charge in [0.15, 0.2) is 5.78 Å². The van der Waals surface area contributed by atoms with Crippen LogP contribution in [0.2, 0.25) is 15.1 Å². The van der Waals surface area contributed by atoms with E-state index in [0.29, 0.717) is 32.0 Å². The number of amidine groups is 1. The van der Waals surface area contributed by atoms with Crippen LogP contribution in [0.1, 0.15) is 31.8 Å². The van der Waals surface area contributed by atoms with Crippen molar-refractivity contribution in [2.75, 3.05) is 25.5 Å². The fourth-order valence-corrected chi connectivity index (χ4v) is 3.98. The van der Waals surface area contributed by atoms with E-state index in [9.17, 15) is 9.59 Å². The number of ketones is 1. The van der Waals surface area contributed by atoms with Gasteiger partial charge in [-0.25, -0.2) is 4.98 Å². The van der Waals surface area contributed by atoms with Crippen LogP contribution in [-0.4, -0.2) is 47.5 Å². The molecular weight excluding hydrogens is 483 g/mol. The van der Waals surface area contributed by atoms with Gasteiger partial charge in [0.05, 0.1) is 10.0 Å². The van der Waals surface area contributed by atoms with Crippen LogP contribution in [0, 0.1) is 0 Å². The Bertz CT molecular complexity index is 1260. The van der Waals surface area contributed by atoms with Crippen molar-refractivity contribution in [3.05, 3.63) is 92.0 Å². The summed E-state index contributed by atoms with van der Waals surface area (Å²) in [5, 5.41) is 3.87. The molecule has 1 amide bonds. The van der Waals surface area contributed by atoms with Crippen molar-refractivity contribution in [2.24, 2.45) is 4.99 Å². The number of hydrogen-bond acceptors (Lipinski definition) is 4. The van der Waals surface area contributed by atoms with E-state index < -0.39 is 5.91 Å². The predicted octanol–water partition coefficient (Wildman–Crippen LogP) is 5.41. The Hall–Kier alpha value is -2.93. The first-order valence-electron chi connectivity index (χ1n) is 10.1. The molecule has 1 fully saturated rings. The van der Waals surface area contributed by atoms with E-state index in [-0.39, 0.29) is 17.8 Å². The molecule has 2 heterocycles. The summed E-state index contributed by atoms with van der Waals surface area (Å²) in [7, 11) is 1.73. The van der Waals surface area contributed by atoms with Crippen LogP contribution in [0.4, 0.5) is 5.82 Å². The third-order valence-electron chi connectivity index (χ3n) is 5.12. The zero-order valence-corrected chi connectivity index (χ0v) is 19.9. The van der Waals surface area contributed by atoms with Crippen molar-refractivity contribution in [2.45, 2.75) is 6.42 Å². The van der Waals surface area contributed by atoms with Gasteiger partial charge in [-0.2, -0.15) is 0 Å². The summed E-state index contributed by atoms with van der Waals surface area (Å²) in [6, 6.07) is 13.3. The summed E-state index contributed by atoms with van der Waals surface area (Å²) in [5.74, 6) is 0.538. The van der Waals surface area contributed by atoms with Crippen LogP contribution in [0.15, 0.2) is 59.7 Å². The van der Waals surface area contributed by atoms with Crippen LogP contribution in [0.5, 0.6) is 0 Å². The van der Waals surface area contributed by atoms with Crippen molar-refractivity contribution in [3.63, 3.8) is 0 Å². The number of hydrogen-bond donors (Lipinski definition) is 1. The van der Waals surface area contributed by atoms with Gasteiger partial charge in [-0.3, -0.25) is 14.6 Å². The molecule has 4 rings (SSSR count). The number of anilines is 1. The zero-order valence-electron chi connectivity index (χ0n) is 17.6. The number of nitrogens with zero attached hydrogens (tertiary/aromatic N) is 3. The number of aliphatic imine (C=N–C) groups is 1. The number of rotatable bonds is 6. The Morgan fingerprint density at radius 2 is 1.76 bits per heavy atom. The lowest BCUT2D eigenvalue weighted by Gasteiger charge is -2.12. The standard InChI is InChI=1S/C24H19Cl3N4O2/c1-28-23(31-8-9-31)15-3-6-18(20(27)10-15)21(32)11-14-2-4-16(25)12-19(14)24(33)30-22-7-5-17(26)13-29-22/h2-7,10,12-13H,8-9,11H2,1H3,(H,29,30,33). The SMILES string of the molecule is CN=C(c1ccc(C(=O)Cc2ccc(Cl)cc2C(=O)Nc2ccc(Cl)cn2)c(Cl)c1)N1CC1. The lowest BCUT2D eigenvalue weighted by atomic mass is 9.97. The second kappa shape index (κ2) is 9.91. The normalized spacial score (nSPS) is 13.1. The van der Waals surface area contributed by atoms with Crippen molar-refractivity contribution >= 4 is 58.1 Å².